The molecule has 1 fully saturated rings. The smallest absolute Gasteiger partial charge is 0.381 e. The number of alkyl halides is 3. The lowest BCUT2D eigenvalue weighted by molar-refractivity contribution is -0.138. The molecule has 1 aromatic rings. The molecule has 0 saturated heterocycles. The first kappa shape index (κ1) is 15.7. The van der Waals surface area contributed by atoms with Gasteiger partial charge in [-0.2, -0.15) is 18.4 Å². The van der Waals surface area contributed by atoms with Gasteiger partial charge in [-0.25, -0.2) is 0 Å². The first-order valence-corrected chi connectivity index (χ1v) is 7.26. The van der Waals surface area contributed by atoms with Crippen LogP contribution in [-0.4, -0.2) is 6.04 Å². The molecule has 0 bridgehead atoms. The lowest BCUT2D eigenvalue weighted by Crippen LogP contribution is -2.27. The van der Waals surface area contributed by atoms with Gasteiger partial charge in [-0.15, -0.1) is 0 Å². The lowest BCUT2D eigenvalue weighted by atomic mass is 9.95. The number of hydrogen-bond donors (Lipinski definition) is 1. The van der Waals surface area contributed by atoms with Crippen molar-refractivity contribution >= 4 is 5.69 Å². The van der Waals surface area contributed by atoms with E-state index in [-0.39, 0.29) is 17.5 Å². The Hall–Kier alpha value is -1.70. The van der Waals surface area contributed by atoms with Crippen LogP contribution in [0.15, 0.2) is 18.2 Å². The number of anilines is 1. The third kappa shape index (κ3) is 3.90. The molecule has 1 N–H and O–H groups in total. The molecule has 21 heavy (non-hydrogen) atoms. The van der Waals surface area contributed by atoms with E-state index < -0.39 is 11.7 Å². The van der Waals surface area contributed by atoms with Crippen LogP contribution in [0.3, 0.4) is 0 Å². The van der Waals surface area contributed by atoms with Crippen LogP contribution in [0.25, 0.3) is 0 Å². The molecular weight excluding hydrogens is 277 g/mol. The summed E-state index contributed by atoms with van der Waals surface area (Å²) in [7, 11) is 0. The Morgan fingerprint density at radius 3 is 2.57 bits per heavy atom. The highest BCUT2D eigenvalue weighted by molar-refractivity contribution is 5.50. The van der Waals surface area contributed by atoms with Crippen molar-refractivity contribution in [3.05, 3.63) is 29.3 Å². The summed E-state index contributed by atoms with van der Waals surface area (Å²) >= 11 is 0. The zero-order valence-electron chi connectivity index (χ0n) is 12.0. The number of halogens is 3. The fourth-order valence-electron chi connectivity index (χ4n) is 2.87. The quantitative estimate of drug-likeness (QED) is 0.788. The Bertz CT molecular complexity index is 531. The summed E-state index contributed by atoms with van der Waals surface area (Å²) in [5, 5.41) is 12.4. The van der Waals surface area contributed by atoms with Gasteiger partial charge in [0.25, 0.3) is 0 Å². The maximum atomic E-state index is 12.9. The fraction of sp³-hybridized carbons (Fsp3) is 0.562. The standard InChI is InChI=1S/C16H19F3N2/c1-11-7-8-13(9-14(11)16(17,18)19)21-15-6-4-2-3-5-12(15)10-20/h7-9,12,15,21H,2-6H2,1H3. The Labute approximate surface area is 123 Å². The topological polar surface area (TPSA) is 35.8 Å². The van der Waals surface area contributed by atoms with E-state index in [0.29, 0.717) is 5.69 Å². The maximum absolute atomic E-state index is 12.9. The van der Waals surface area contributed by atoms with Gasteiger partial charge in [0.1, 0.15) is 0 Å². The fourth-order valence-corrected chi connectivity index (χ4v) is 2.87. The van der Waals surface area contributed by atoms with Crippen LogP contribution in [0.5, 0.6) is 0 Å². The van der Waals surface area contributed by atoms with Crippen molar-refractivity contribution in [1.82, 2.24) is 0 Å². The molecule has 0 radical (unpaired) electrons. The van der Waals surface area contributed by atoms with E-state index >= 15 is 0 Å². The first-order chi connectivity index (χ1) is 9.91. The Balaban J connectivity index is 2.21. The minimum absolute atomic E-state index is 0.0683. The van der Waals surface area contributed by atoms with Crippen molar-refractivity contribution in [2.24, 2.45) is 5.92 Å². The van der Waals surface area contributed by atoms with Crippen LogP contribution >= 0.6 is 0 Å². The normalized spacial score (nSPS) is 23.2. The zero-order chi connectivity index (χ0) is 15.5. The molecule has 0 spiro atoms. The number of hydrogen-bond acceptors (Lipinski definition) is 2. The zero-order valence-corrected chi connectivity index (χ0v) is 12.0. The third-order valence-corrected chi connectivity index (χ3v) is 4.08. The molecule has 0 aromatic heterocycles. The molecule has 1 saturated carbocycles. The predicted octanol–water partition coefficient (Wildman–Crippen LogP) is 4.90. The summed E-state index contributed by atoms with van der Waals surface area (Å²) in [4.78, 5) is 0. The lowest BCUT2D eigenvalue weighted by Gasteiger charge is -2.23. The summed E-state index contributed by atoms with van der Waals surface area (Å²) in [5.74, 6) is -0.136. The Morgan fingerprint density at radius 1 is 1.19 bits per heavy atom. The van der Waals surface area contributed by atoms with Gasteiger partial charge in [-0.3, -0.25) is 0 Å². The van der Waals surface area contributed by atoms with Crippen molar-refractivity contribution < 1.29 is 13.2 Å². The first-order valence-electron chi connectivity index (χ1n) is 7.26. The van der Waals surface area contributed by atoms with Crippen LogP contribution in [0, 0.1) is 24.2 Å². The largest absolute Gasteiger partial charge is 0.416 e. The summed E-state index contributed by atoms with van der Waals surface area (Å²) < 4.78 is 38.8. The summed E-state index contributed by atoms with van der Waals surface area (Å²) in [6, 6.07) is 6.50. The summed E-state index contributed by atoms with van der Waals surface area (Å²) in [6.45, 7) is 1.45. The van der Waals surface area contributed by atoms with Crippen LogP contribution in [0.1, 0.15) is 43.2 Å². The molecule has 0 aliphatic heterocycles. The van der Waals surface area contributed by atoms with Crippen molar-refractivity contribution in [3.8, 4) is 6.07 Å². The van der Waals surface area contributed by atoms with Crippen molar-refractivity contribution in [2.75, 3.05) is 5.32 Å². The number of nitrogens with zero attached hydrogens (tertiary/aromatic N) is 1. The molecule has 114 valence electrons. The molecule has 1 aliphatic rings. The maximum Gasteiger partial charge on any atom is 0.416 e. The minimum Gasteiger partial charge on any atom is -0.381 e. The third-order valence-electron chi connectivity index (χ3n) is 4.08. The number of rotatable bonds is 2. The number of nitrogens with one attached hydrogen (secondary N) is 1. The number of benzene rings is 1. The van der Waals surface area contributed by atoms with Crippen molar-refractivity contribution in [2.45, 2.75) is 51.2 Å². The second kappa shape index (κ2) is 6.38. The van der Waals surface area contributed by atoms with Crippen LogP contribution < -0.4 is 5.32 Å². The second-order valence-electron chi connectivity index (χ2n) is 5.65. The van der Waals surface area contributed by atoms with Crippen molar-refractivity contribution in [1.29, 1.82) is 5.26 Å². The van der Waals surface area contributed by atoms with E-state index in [9.17, 15) is 18.4 Å². The van der Waals surface area contributed by atoms with Gasteiger partial charge in [0, 0.05) is 11.7 Å². The number of aryl methyl sites for hydroxylation is 1. The molecular formula is C16H19F3N2. The van der Waals surface area contributed by atoms with Crippen LogP contribution in [0.2, 0.25) is 0 Å². The highest BCUT2D eigenvalue weighted by Crippen LogP contribution is 2.34. The van der Waals surface area contributed by atoms with Crippen LogP contribution in [0.4, 0.5) is 18.9 Å². The molecule has 5 heteroatoms. The van der Waals surface area contributed by atoms with Gasteiger partial charge in [0.05, 0.1) is 17.6 Å². The second-order valence-corrected chi connectivity index (χ2v) is 5.65. The van der Waals surface area contributed by atoms with E-state index in [1.807, 2.05) is 0 Å². The van der Waals surface area contributed by atoms with Crippen LogP contribution in [-0.2, 0) is 6.18 Å². The van der Waals surface area contributed by atoms with E-state index in [4.69, 9.17) is 0 Å². The molecule has 1 aliphatic carbocycles. The number of nitriles is 1. The highest BCUT2D eigenvalue weighted by atomic mass is 19.4. The van der Waals surface area contributed by atoms with E-state index in [1.54, 1.807) is 6.07 Å². The van der Waals surface area contributed by atoms with Gasteiger partial charge in [-0.1, -0.05) is 25.3 Å². The van der Waals surface area contributed by atoms with Gasteiger partial charge < -0.3 is 5.32 Å². The molecule has 2 unspecified atom stereocenters. The molecule has 2 rings (SSSR count). The average Bonchev–Trinajstić information content (AvgIpc) is 2.64. The monoisotopic (exact) mass is 296 g/mol. The molecule has 2 nitrogen and oxygen atoms in total. The molecule has 2 atom stereocenters. The van der Waals surface area contributed by atoms with E-state index in [1.165, 1.54) is 13.0 Å². The summed E-state index contributed by atoms with van der Waals surface area (Å²) in [5.41, 5.74) is 0.0421. The highest BCUT2D eigenvalue weighted by Gasteiger charge is 2.33. The van der Waals surface area contributed by atoms with Gasteiger partial charge in [0.2, 0.25) is 0 Å². The van der Waals surface area contributed by atoms with Crippen molar-refractivity contribution in [3.63, 3.8) is 0 Å². The predicted molar refractivity (Wildman–Crippen MR) is 75.8 cm³/mol. The average molecular weight is 296 g/mol. The van der Waals surface area contributed by atoms with Gasteiger partial charge in [-0.05, 0) is 37.5 Å². The Kier molecular flexibility index (Phi) is 4.76. The summed E-state index contributed by atoms with van der Waals surface area (Å²) in [6.07, 6.45) is 0.392. The van der Waals surface area contributed by atoms with Gasteiger partial charge >= 0.3 is 6.18 Å². The Morgan fingerprint density at radius 2 is 1.90 bits per heavy atom. The van der Waals surface area contributed by atoms with Gasteiger partial charge in [0.15, 0.2) is 0 Å². The van der Waals surface area contributed by atoms with E-state index in [0.717, 1.165) is 38.2 Å². The molecule has 0 heterocycles. The SMILES string of the molecule is Cc1ccc(NC2CCCCCC2C#N)cc1C(F)(F)F. The van der Waals surface area contributed by atoms with E-state index in [2.05, 4.69) is 11.4 Å². The molecule has 1 aromatic carbocycles. The minimum atomic E-state index is -4.35. The molecule has 0 amide bonds.